The molecule has 112 valence electrons. The molecule has 0 saturated carbocycles. The van der Waals surface area contributed by atoms with Crippen LogP contribution in [0.2, 0.25) is 0 Å². The van der Waals surface area contributed by atoms with E-state index in [9.17, 15) is 39.6 Å². The van der Waals surface area contributed by atoms with Gasteiger partial charge in [-0.1, -0.05) is 0 Å². The standard InChI is InChI=1S/C9H4F6O4S/c10-8(11,12)6-3-5(4-16)1-2-7(6)19-20(17,18)9(13,14)15/h1-4H. The van der Waals surface area contributed by atoms with Crippen molar-refractivity contribution in [2.45, 2.75) is 11.7 Å². The largest absolute Gasteiger partial charge is 0.534 e. The molecule has 1 aromatic carbocycles. The van der Waals surface area contributed by atoms with Crippen LogP contribution in [-0.2, 0) is 16.3 Å². The lowest BCUT2D eigenvalue weighted by Crippen LogP contribution is -2.29. The van der Waals surface area contributed by atoms with Gasteiger partial charge < -0.3 is 4.18 Å². The predicted octanol–water partition coefficient (Wildman–Crippen LogP) is 2.75. The number of carbonyl (C=O) groups is 1. The molecule has 0 heterocycles. The molecular formula is C9H4F6O4S. The zero-order valence-corrected chi connectivity index (χ0v) is 9.93. The van der Waals surface area contributed by atoms with Gasteiger partial charge in [0.05, 0.1) is 5.56 Å². The molecule has 0 spiro atoms. The van der Waals surface area contributed by atoms with Gasteiger partial charge in [-0.25, -0.2) is 0 Å². The highest BCUT2D eigenvalue weighted by Gasteiger charge is 2.49. The molecule has 0 unspecified atom stereocenters. The monoisotopic (exact) mass is 322 g/mol. The Morgan fingerprint density at radius 2 is 1.60 bits per heavy atom. The first-order valence-corrected chi connectivity index (χ1v) is 5.96. The van der Waals surface area contributed by atoms with Crippen LogP contribution in [-0.4, -0.2) is 20.2 Å². The van der Waals surface area contributed by atoms with Crippen molar-refractivity contribution in [2.24, 2.45) is 0 Å². The molecule has 1 aromatic rings. The van der Waals surface area contributed by atoms with Crippen molar-refractivity contribution in [3.8, 4) is 5.75 Å². The van der Waals surface area contributed by atoms with E-state index in [0.29, 0.717) is 12.1 Å². The first-order chi connectivity index (χ1) is 8.88. The van der Waals surface area contributed by atoms with Crippen LogP contribution in [0.4, 0.5) is 26.3 Å². The van der Waals surface area contributed by atoms with Crippen LogP contribution in [0.15, 0.2) is 18.2 Å². The molecule has 0 bridgehead atoms. The third-order valence-electron chi connectivity index (χ3n) is 1.93. The molecular weight excluding hydrogens is 318 g/mol. The Hall–Kier alpha value is -1.78. The minimum absolute atomic E-state index is 0.0112. The van der Waals surface area contributed by atoms with Crippen molar-refractivity contribution >= 4 is 16.4 Å². The van der Waals surface area contributed by atoms with Crippen LogP contribution < -0.4 is 4.18 Å². The van der Waals surface area contributed by atoms with E-state index in [1.165, 1.54) is 0 Å². The molecule has 1 rings (SSSR count). The van der Waals surface area contributed by atoms with E-state index in [-0.39, 0.29) is 12.4 Å². The summed E-state index contributed by atoms with van der Waals surface area (Å²) in [4.78, 5) is 10.3. The van der Waals surface area contributed by atoms with Gasteiger partial charge in [0.15, 0.2) is 5.75 Å². The van der Waals surface area contributed by atoms with E-state index in [4.69, 9.17) is 0 Å². The van der Waals surface area contributed by atoms with Gasteiger partial charge in [-0.15, -0.1) is 0 Å². The number of aldehydes is 1. The van der Waals surface area contributed by atoms with Crippen molar-refractivity contribution in [2.75, 3.05) is 0 Å². The fraction of sp³-hybridized carbons (Fsp3) is 0.222. The van der Waals surface area contributed by atoms with Crippen molar-refractivity contribution in [1.29, 1.82) is 0 Å². The molecule has 11 heteroatoms. The van der Waals surface area contributed by atoms with Crippen LogP contribution in [0.25, 0.3) is 0 Å². The molecule has 0 aliphatic heterocycles. The molecule has 0 amide bonds. The highest BCUT2D eigenvalue weighted by atomic mass is 32.2. The minimum Gasteiger partial charge on any atom is -0.375 e. The number of alkyl halides is 6. The fourth-order valence-electron chi connectivity index (χ4n) is 1.08. The Bertz CT molecular complexity index is 616. The van der Waals surface area contributed by atoms with Gasteiger partial charge in [0.1, 0.15) is 6.29 Å². The Balaban J connectivity index is 3.37. The predicted molar refractivity (Wildman–Crippen MR) is 52.4 cm³/mol. The van der Waals surface area contributed by atoms with Crippen LogP contribution in [0.3, 0.4) is 0 Å². The zero-order chi connectivity index (χ0) is 15.8. The molecule has 0 aliphatic rings. The van der Waals surface area contributed by atoms with Gasteiger partial charge in [-0.05, 0) is 18.2 Å². The smallest absolute Gasteiger partial charge is 0.375 e. The average molecular weight is 322 g/mol. The first-order valence-electron chi connectivity index (χ1n) is 4.55. The topological polar surface area (TPSA) is 60.4 Å². The lowest BCUT2D eigenvalue weighted by molar-refractivity contribution is -0.138. The third-order valence-corrected chi connectivity index (χ3v) is 2.89. The summed E-state index contributed by atoms with van der Waals surface area (Å²) in [6.45, 7) is 0. The maximum Gasteiger partial charge on any atom is 0.534 e. The molecule has 0 aliphatic carbocycles. The number of rotatable bonds is 3. The average Bonchev–Trinajstić information content (AvgIpc) is 2.26. The van der Waals surface area contributed by atoms with E-state index in [1.807, 2.05) is 0 Å². The van der Waals surface area contributed by atoms with Crippen molar-refractivity contribution in [3.63, 3.8) is 0 Å². The van der Waals surface area contributed by atoms with E-state index in [0.717, 1.165) is 0 Å². The zero-order valence-electron chi connectivity index (χ0n) is 9.12. The van der Waals surface area contributed by atoms with Crippen molar-refractivity contribution in [1.82, 2.24) is 0 Å². The summed E-state index contributed by atoms with van der Waals surface area (Å²) < 4.78 is 98.6. The van der Waals surface area contributed by atoms with E-state index < -0.39 is 38.7 Å². The lowest BCUT2D eigenvalue weighted by Gasteiger charge is -2.15. The number of benzene rings is 1. The highest BCUT2D eigenvalue weighted by molar-refractivity contribution is 7.88. The molecule has 0 radical (unpaired) electrons. The second-order valence-electron chi connectivity index (χ2n) is 3.35. The van der Waals surface area contributed by atoms with E-state index >= 15 is 0 Å². The van der Waals surface area contributed by atoms with Crippen molar-refractivity contribution in [3.05, 3.63) is 29.3 Å². The summed E-state index contributed by atoms with van der Waals surface area (Å²) in [5.41, 5.74) is -8.19. The minimum atomic E-state index is -6.24. The molecule has 0 fully saturated rings. The first kappa shape index (κ1) is 16.3. The number of hydrogen-bond donors (Lipinski definition) is 0. The quantitative estimate of drug-likeness (QED) is 0.372. The number of halogens is 6. The van der Waals surface area contributed by atoms with Crippen LogP contribution >= 0.6 is 0 Å². The molecule has 0 atom stereocenters. The normalized spacial score (nSPS) is 13.1. The third kappa shape index (κ3) is 3.40. The fourth-order valence-corrected chi connectivity index (χ4v) is 1.56. The second-order valence-corrected chi connectivity index (χ2v) is 4.89. The summed E-state index contributed by atoms with van der Waals surface area (Å²) in [7, 11) is -6.24. The van der Waals surface area contributed by atoms with Crippen LogP contribution in [0.5, 0.6) is 5.75 Å². The number of hydrogen-bond acceptors (Lipinski definition) is 4. The van der Waals surface area contributed by atoms with Gasteiger partial charge in [-0.2, -0.15) is 34.8 Å². The number of carbonyl (C=O) groups excluding carboxylic acids is 1. The molecule has 4 nitrogen and oxygen atoms in total. The summed E-state index contributed by atoms with van der Waals surface area (Å²) >= 11 is 0. The van der Waals surface area contributed by atoms with E-state index in [2.05, 4.69) is 4.18 Å². The van der Waals surface area contributed by atoms with E-state index in [1.54, 1.807) is 0 Å². The van der Waals surface area contributed by atoms with Gasteiger partial charge in [0.25, 0.3) is 0 Å². The Kier molecular flexibility index (Phi) is 4.04. The molecule has 20 heavy (non-hydrogen) atoms. The van der Waals surface area contributed by atoms with Gasteiger partial charge in [0.2, 0.25) is 0 Å². The van der Waals surface area contributed by atoms with Gasteiger partial charge in [0, 0.05) is 5.56 Å². The summed E-state index contributed by atoms with van der Waals surface area (Å²) in [5, 5.41) is 0. The second kappa shape index (κ2) is 4.96. The summed E-state index contributed by atoms with van der Waals surface area (Å²) in [6.07, 6.45) is -5.19. The van der Waals surface area contributed by atoms with Crippen LogP contribution in [0, 0.1) is 0 Å². The summed E-state index contributed by atoms with van der Waals surface area (Å²) in [6, 6.07) is 1.17. The Morgan fingerprint density at radius 3 is 2.00 bits per heavy atom. The maximum atomic E-state index is 12.6. The Labute approximate surface area is 108 Å². The Morgan fingerprint density at radius 1 is 1.05 bits per heavy atom. The lowest BCUT2D eigenvalue weighted by atomic mass is 10.1. The van der Waals surface area contributed by atoms with Crippen LogP contribution in [0.1, 0.15) is 15.9 Å². The SMILES string of the molecule is O=Cc1ccc(OS(=O)(=O)C(F)(F)F)c(C(F)(F)F)c1. The molecule has 0 saturated heterocycles. The van der Waals surface area contributed by atoms with Gasteiger partial charge >= 0.3 is 21.8 Å². The molecule has 0 N–H and O–H groups in total. The summed E-state index contributed by atoms with van der Waals surface area (Å²) in [5.74, 6) is -1.57. The van der Waals surface area contributed by atoms with Crippen molar-refractivity contribution < 1.29 is 43.7 Å². The highest BCUT2D eigenvalue weighted by Crippen LogP contribution is 2.38. The molecule has 0 aromatic heterocycles. The van der Waals surface area contributed by atoms with Gasteiger partial charge in [-0.3, -0.25) is 4.79 Å². The maximum absolute atomic E-state index is 12.6.